The van der Waals surface area contributed by atoms with Crippen LogP contribution in [0.25, 0.3) is 0 Å². The summed E-state index contributed by atoms with van der Waals surface area (Å²) in [5.41, 5.74) is 1.68. The van der Waals surface area contributed by atoms with Crippen molar-refractivity contribution in [3.8, 4) is 5.88 Å². The number of ether oxygens (including phenoxy) is 2. The number of amides is 1. The van der Waals surface area contributed by atoms with Crippen LogP contribution in [0, 0.1) is 6.92 Å². The number of aryl methyl sites for hydroxylation is 1. The number of hydrogen-bond donors (Lipinski definition) is 2. The topological polar surface area (TPSA) is 87.2 Å². The molecular formula is C25H31F2N3O4. The van der Waals surface area contributed by atoms with Gasteiger partial charge in [-0.15, -0.1) is 0 Å². The zero-order valence-corrected chi connectivity index (χ0v) is 19.6. The lowest BCUT2D eigenvalue weighted by Crippen LogP contribution is -2.68. The third kappa shape index (κ3) is 4.92. The quantitative estimate of drug-likeness (QED) is 0.512. The van der Waals surface area contributed by atoms with E-state index in [2.05, 4.69) is 33.8 Å². The molecule has 2 N–H and O–H groups in total. The number of likely N-dealkylation sites (tertiary alicyclic amines) is 1. The second kappa shape index (κ2) is 9.93. The second-order valence-electron chi connectivity index (χ2n) is 9.32. The molecule has 0 aliphatic carbocycles. The molecule has 2 fully saturated rings. The van der Waals surface area contributed by atoms with Crippen molar-refractivity contribution in [3.05, 3.63) is 53.2 Å². The zero-order chi connectivity index (χ0) is 24.5. The highest BCUT2D eigenvalue weighted by atomic mass is 19.3. The van der Waals surface area contributed by atoms with E-state index in [0.29, 0.717) is 31.8 Å². The fraction of sp³-hybridized carbons (Fsp3) is 0.520. The van der Waals surface area contributed by atoms with E-state index in [1.807, 2.05) is 24.3 Å². The zero-order valence-electron chi connectivity index (χ0n) is 19.6. The summed E-state index contributed by atoms with van der Waals surface area (Å²) in [6, 6.07) is 11.0. The van der Waals surface area contributed by atoms with Crippen LogP contribution in [0.15, 0.2) is 36.4 Å². The normalized spacial score (nSPS) is 20.2. The third-order valence-electron chi connectivity index (χ3n) is 6.61. The first-order valence-electron chi connectivity index (χ1n) is 11.5. The van der Waals surface area contributed by atoms with Gasteiger partial charge in [-0.2, -0.15) is 8.78 Å². The van der Waals surface area contributed by atoms with E-state index in [1.54, 1.807) is 13.0 Å². The van der Waals surface area contributed by atoms with Gasteiger partial charge in [-0.3, -0.25) is 9.69 Å². The predicted octanol–water partition coefficient (Wildman–Crippen LogP) is 3.46. The van der Waals surface area contributed by atoms with Crippen LogP contribution in [0.2, 0.25) is 0 Å². The minimum absolute atomic E-state index is 0.0240. The molecule has 2 aliphatic rings. The molecule has 3 heterocycles. The Kier molecular flexibility index (Phi) is 7.16. The Hall–Kier alpha value is -2.62. The minimum Gasteiger partial charge on any atom is -0.415 e. The lowest BCUT2D eigenvalue weighted by molar-refractivity contribution is -0.130. The summed E-state index contributed by atoms with van der Waals surface area (Å²) in [4.78, 5) is 20.0. The molecule has 7 nitrogen and oxygen atoms in total. The molecule has 0 spiro atoms. The summed E-state index contributed by atoms with van der Waals surface area (Å²) in [5.74, 6) is -0.425. The van der Waals surface area contributed by atoms with Gasteiger partial charge in [0.1, 0.15) is 5.69 Å². The number of hydrogen-bond acceptors (Lipinski definition) is 6. The third-order valence-corrected chi connectivity index (χ3v) is 6.61. The Balaban J connectivity index is 1.67. The monoisotopic (exact) mass is 475 g/mol. The molecule has 184 valence electrons. The number of carbonyl (C=O) groups is 1. The van der Waals surface area contributed by atoms with E-state index in [-0.39, 0.29) is 42.1 Å². The average Bonchev–Trinajstić information content (AvgIpc) is 3.59. The van der Waals surface area contributed by atoms with E-state index in [0.717, 1.165) is 11.1 Å². The van der Waals surface area contributed by atoms with E-state index in [4.69, 9.17) is 4.74 Å². The Morgan fingerprint density at radius 2 is 2.00 bits per heavy atom. The summed E-state index contributed by atoms with van der Waals surface area (Å²) in [5, 5.41) is 12.4. The fourth-order valence-electron chi connectivity index (χ4n) is 4.81. The summed E-state index contributed by atoms with van der Waals surface area (Å²) in [7, 11) is 0. The van der Waals surface area contributed by atoms with E-state index >= 15 is 0 Å². The number of alkyl halides is 2. The Morgan fingerprint density at radius 1 is 1.29 bits per heavy atom. The molecular weight excluding hydrogens is 444 g/mol. The van der Waals surface area contributed by atoms with Crippen molar-refractivity contribution >= 4 is 11.6 Å². The lowest BCUT2D eigenvalue weighted by Gasteiger charge is -2.52. The highest BCUT2D eigenvalue weighted by Crippen LogP contribution is 2.43. The Bertz CT molecular complexity index is 1020. The summed E-state index contributed by atoms with van der Waals surface area (Å²) >= 11 is 0. The summed E-state index contributed by atoms with van der Waals surface area (Å²) in [6.07, 6.45) is 0.614. The van der Waals surface area contributed by atoms with Crippen molar-refractivity contribution in [3.63, 3.8) is 0 Å². The van der Waals surface area contributed by atoms with Crippen LogP contribution in [0.3, 0.4) is 0 Å². The van der Waals surface area contributed by atoms with Crippen molar-refractivity contribution < 1.29 is 28.2 Å². The van der Waals surface area contributed by atoms with Crippen molar-refractivity contribution in [1.82, 2.24) is 9.88 Å². The van der Waals surface area contributed by atoms with E-state index in [9.17, 15) is 18.7 Å². The van der Waals surface area contributed by atoms with Crippen LogP contribution < -0.4 is 10.1 Å². The lowest BCUT2D eigenvalue weighted by atomic mass is 9.69. The molecule has 1 amide bonds. The molecule has 2 saturated heterocycles. The maximum atomic E-state index is 13.8. The predicted molar refractivity (Wildman–Crippen MR) is 123 cm³/mol. The first kappa shape index (κ1) is 24.5. The number of aliphatic hydroxyl groups is 1. The van der Waals surface area contributed by atoms with Crippen molar-refractivity contribution in [2.75, 3.05) is 31.6 Å². The summed E-state index contributed by atoms with van der Waals surface area (Å²) < 4.78 is 36.0. The molecule has 4 rings (SSSR count). The first-order valence-corrected chi connectivity index (χ1v) is 11.5. The number of aliphatic hydroxyl groups excluding tert-OH is 1. The van der Waals surface area contributed by atoms with Gasteiger partial charge in [-0.05, 0) is 42.5 Å². The van der Waals surface area contributed by atoms with Crippen LogP contribution in [-0.4, -0.2) is 66.0 Å². The van der Waals surface area contributed by atoms with Gasteiger partial charge in [0.05, 0.1) is 18.1 Å². The second-order valence-corrected chi connectivity index (χ2v) is 9.32. The number of pyridine rings is 1. The number of nitrogens with zero attached hydrogens (tertiary/aromatic N) is 2. The molecule has 0 saturated carbocycles. The summed E-state index contributed by atoms with van der Waals surface area (Å²) in [6.45, 7) is 4.29. The number of epoxide rings is 1. The number of aromatic nitrogens is 1. The van der Waals surface area contributed by atoms with Crippen LogP contribution in [0.4, 0.5) is 14.5 Å². The molecule has 0 bridgehead atoms. The molecule has 0 radical (unpaired) electrons. The maximum Gasteiger partial charge on any atom is 0.388 e. The molecule has 9 heteroatoms. The molecule has 2 unspecified atom stereocenters. The minimum atomic E-state index is -3.06. The standard InChI is InChI=1S/C25H31F2N3O4/c1-15(2)17-6-4-5-7-18(17)25(13-30(14-25)20(10-11-31)21-12-33-21)23(32)29-19-9-8-16(3)28-22(19)34-24(26)27/h4-9,15,20-21,24,31H,10-14H2,1-3H3,(H,29,32). The number of carbonyl (C=O) groups excluding carboxylic acids is 1. The molecule has 1 aromatic carbocycles. The number of benzene rings is 1. The highest BCUT2D eigenvalue weighted by molar-refractivity contribution is 6.01. The first-order chi connectivity index (χ1) is 16.2. The SMILES string of the molecule is Cc1ccc(NC(=O)C2(c3ccccc3C(C)C)CN(C(CCO)C3CO3)C2)c(OC(F)F)n1. The Labute approximate surface area is 198 Å². The molecule has 1 aromatic heterocycles. The largest absolute Gasteiger partial charge is 0.415 e. The van der Waals surface area contributed by atoms with Crippen molar-refractivity contribution in [2.24, 2.45) is 0 Å². The van der Waals surface area contributed by atoms with Gasteiger partial charge in [-0.25, -0.2) is 4.98 Å². The van der Waals surface area contributed by atoms with Gasteiger partial charge in [-0.1, -0.05) is 38.1 Å². The molecule has 2 aliphatic heterocycles. The number of anilines is 1. The number of halogens is 2. The van der Waals surface area contributed by atoms with Gasteiger partial charge in [0.25, 0.3) is 0 Å². The van der Waals surface area contributed by atoms with Gasteiger partial charge in [0.2, 0.25) is 11.8 Å². The van der Waals surface area contributed by atoms with E-state index < -0.39 is 12.0 Å². The highest BCUT2D eigenvalue weighted by Gasteiger charge is 2.55. The van der Waals surface area contributed by atoms with Crippen molar-refractivity contribution in [1.29, 1.82) is 0 Å². The molecule has 2 aromatic rings. The van der Waals surface area contributed by atoms with Crippen LogP contribution in [0.5, 0.6) is 5.88 Å². The van der Waals surface area contributed by atoms with Crippen LogP contribution >= 0.6 is 0 Å². The Morgan fingerprint density at radius 3 is 2.62 bits per heavy atom. The van der Waals surface area contributed by atoms with Crippen LogP contribution in [0.1, 0.15) is 43.0 Å². The average molecular weight is 476 g/mol. The van der Waals surface area contributed by atoms with E-state index in [1.165, 1.54) is 6.07 Å². The van der Waals surface area contributed by atoms with Crippen LogP contribution in [-0.2, 0) is 14.9 Å². The fourth-order valence-corrected chi connectivity index (χ4v) is 4.81. The maximum absolute atomic E-state index is 13.8. The van der Waals surface area contributed by atoms with Gasteiger partial charge in [0.15, 0.2) is 0 Å². The number of nitrogens with one attached hydrogen (secondary N) is 1. The smallest absolute Gasteiger partial charge is 0.388 e. The van der Waals surface area contributed by atoms with Gasteiger partial charge in [0, 0.05) is 31.4 Å². The van der Waals surface area contributed by atoms with Gasteiger partial charge < -0.3 is 19.9 Å². The molecule has 2 atom stereocenters. The number of rotatable bonds is 10. The van der Waals surface area contributed by atoms with Gasteiger partial charge >= 0.3 is 6.61 Å². The molecule has 34 heavy (non-hydrogen) atoms. The van der Waals surface area contributed by atoms with Crippen molar-refractivity contribution in [2.45, 2.75) is 57.3 Å².